The molecule has 0 aliphatic carbocycles. The van der Waals surface area contributed by atoms with Crippen molar-refractivity contribution in [2.75, 3.05) is 5.32 Å². The fourth-order valence-electron chi connectivity index (χ4n) is 1.75. The fourth-order valence-corrected chi connectivity index (χ4v) is 1.75. The van der Waals surface area contributed by atoms with Crippen LogP contribution in [0.4, 0.5) is 10.6 Å². The number of hydrogen-bond acceptors (Lipinski definition) is 4. The molecule has 21 heavy (non-hydrogen) atoms. The van der Waals surface area contributed by atoms with Gasteiger partial charge in [0, 0.05) is 12.6 Å². The quantitative estimate of drug-likeness (QED) is 0.881. The van der Waals surface area contributed by atoms with E-state index >= 15 is 0 Å². The molecule has 7 nitrogen and oxygen atoms in total. The zero-order chi connectivity index (χ0) is 15.2. The molecular formula is C14H15N3O4. The van der Waals surface area contributed by atoms with Gasteiger partial charge >= 0.3 is 12.1 Å². The molecule has 1 amide bonds. The molecule has 0 aliphatic heterocycles. The molecule has 0 unspecified atom stereocenters. The van der Waals surface area contributed by atoms with Crippen LogP contribution < -0.4 is 5.32 Å². The van der Waals surface area contributed by atoms with Crippen LogP contribution in [-0.4, -0.2) is 26.9 Å². The zero-order valence-corrected chi connectivity index (χ0v) is 11.4. The van der Waals surface area contributed by atoms with Gasteiger partial charge in [0.05, 0.1) is 0 Å². The predicted molar refractivity (Wildman–Crippen MR) is 75.1 cm³/mol. The Hall–Kier alpha value is -2.83. The molecule has 0 aliphatic rings. The average Bonchev–Trinajstić information content (AvgIpc) is 2.89. The van der Waals surface area contributed by atoms with Gasteiger partial charge in [-0.2, -0.15) is 5.10 Å². The van der Waals surface area contributed by atoms with Crippen molar-refractivity contribution >= 4 is 17.9 Å². The lowest BCUT2D eigenvalue weighted by Crippen LogP contribution is -2.14. The summed E-state index contributed by atoms with van der Waals surface area (Å²) in [6.07, 6.45) is -0.684. The second kappa shape index (κ2) is 6.56. The summed E-state index contributed by atoms with van der Waals surface area (Å²) in [6, 6.07) is 10.5. The van der Waals surface area contributed by atoms with Crippen LogP contribution in [0.3, 0.4) is 0 Å². The Morgan fingerprint density at radius 1 is 1.33 bits per heavy atom. The predicted octanol–water partition coefficient (Wildman–Crippen LogP) is 2.35. The van der Waals surface area contributed by atoms with E-state index in [-0.39, 0.29) is 18.1 Å². The molecule has 0 atom stereocenters. The standard InChI is InChI=1S/C14H15N3O4/c1-2-17-11(13(18)19)8-12(16-17)15-14(20)21-9-10-6-4-3-5-7-10/h3-8H,2,9H2,1H3,(H,18,19)(H,15,16,20). The van der Waals surface area contributed by atoms with E-state index < -0.39 is 12.1 Å². The van der Waals surface area contributed by atoms with Gasteiger partial charge in [0.25, 0.3) is 0 Å². The normalized spacial score (nSPS) is 10.1. The third-order valence-electron chi connectivity index (χ3n) is 2.74. The molecule has 7 heteroatoms. The number of nitrogens with zero attached hydrogens (tertiary/aromatic N) is 2. The number of hydrogen-bond donors (Lipinski definition) is 2. The summed E-state index contributed by atoms with van der Waals surface area (Å²) in [5, 5.41) is 15.4. The minimum Gasteiger partial charge on any atom is -0.477 e. The second-order valence-corrected chi connectivity index (χ2v) is 4.22. The van der Waals surface area contributed by atoms with Gasteiger partial charge in [0.2, 0.25) is 0 Å². The second-order valence-electron chi connectivity index (χ2n) is 4.22. The number of rotatable bonds is 5. The molecule has 1 aromatic carbocycles. The van der Waals surface area contributed by atoms with Crippen LogP contribution in [-0.2, 0) is 17.9 Å². The minimum atomic E-state index is -1.10. The molecule has 0 saturated heterocycles. The van der Waals surface area contributed by atoms with Crippen molar-refractivity contribution in [3.05, 3.63) is 47.7 Å². The SMILES string of the molecule is CCn1nc(NC(=O)OCc2ccccc2)cc1C(=O)O. The first kappa shape index (κ1) is 14.6. The third-order valence-corrected chi connectivity index (χ3v) is 2.74. The lowest BCUT2D eigenvalue weighted by molar-refractivity contribution is 0.0683. The zero-order valence-electron chi connectivity index (χ0n) is 11.4. The summed E-state index contributed by atoms with van der Waals surface area (Å²) >= 11 is 0. The molecule has 2 rings (SSSR count). The summed E-state index contributed by atoms with van der Waals surface area (Å²) < 4.78 is 6.32. The van der Waals surface area contributed by atoms with Crippen LogP contribution in [0.25, 0.3) is 0 Å². The van der Waals surface area contributed by atoms with Crippen molar-refractivity contribution in [2.24, 2.45) is 0 Å². The maximum atomic E-state index is 11.6. The Morgan fingerprint density at radius 2 is 2.05 bits per heavy atom. The van der Waals surface area contributed by atoms with Gasteiger partial charge in [-0.15, -0.1) is 0 Å². The molecule has 2 N–H and O–H groups in total. The Bertz CT molecular complexity index is 637. The first-order valence-corrected chi connectivity index (χ1v) is 6.39. The van der Waals surface area contributed by atoms with Crippen LogP contribution in [0.2, 0.25) is 0 Å². The number of aromatic nitrogens is 2. The third kappa shape index (κ3) is 3.82. The van der Waals surface area contributed by atoms with Crippen LogP contribution in [0.15, 0.2) is 36.4 Å². The summed E-state index contributed by atoms with van der Waals surface area (Å²) in [5.74, 6) is -0.956. The monoisotopic (exact) mass is 289 g/mol. The van der Waals surface area contributed by atoms with E-state index in [1.54, 1.807) is 6.92 Å². The Balaban J connectivity index is 1.95. The van der Waals surface area contributed by atoms with Gasteiger partial charge in [-0.3, -0.25) is 10.00 Å². The fraction of sp³-hybridized carbons (Fsp3) is 0.214. The van der Waals surface area contributed by atoms with E-state index in [0.29, 0.717) is 6.54 Å². The molecule has 0 spiro atoms. The van der Waals surface area contributed by atoms with E-state index in [4.69, 9.17) is 9.84 Å². The number of carbonyl (C=O) groups excluding carboxylic acids is 1. The van der Waals surface area contributed by atoms with Crippen molar-refractivity contribution in [1.82, 2.24) is 9.78 Å². The number of aromatic carboxylic acids is 1. The van der Waals surface area contributed by atoms with Crippen molar-refractivity contribution < 1.29 is 19.4 Å². The number of aryl methyl sites for hydroxylation is 1. The molecule has 110 valence electrons. The largest absolute Gasteiger partial charge is 0.477 e. The van der Waals surface area contributed by atoms with Crippen LogP contribution >= 0.6 is 0 Å². The van der Waals surface area contributed by atoms with Gasteiger partial charge in [-0.05, 0) is 12.5 Å². The number of ether oxygens (including phenoxy) is 1. The van der Waals surface area contributed by atoms with Gasteiger partial charge in [0.15, 0.2) is 5.82 Å². The Labute approximate surface area is 121 Å². The van der Waals surface area contributed by atoms with Crippen molar-refractivity contribution in [1.29, 1.82) is 0 Å². The minimum absolute atomic E-state index is 0.0101. The van der Waals surface area contributed by atoms with Crippen molar-refractivity contribution in [3.63, 3.8) is 0 Å². The first-order valence-electron chi connectivity index (χ1n) is 6.39. The lowest BCUT2D eigenvalue weighted by atomic mass is 10.2. The number of carboxylic acids is 1. The van der Waals surface area contributed by atoms with Gasteiger partial charge in [-0.25, -0.2) is 9.59 Å². The highest BCUT2D eigenvalue weighted by atomic mass is 16.5. The lowest BCUT2D eigenvalue weighted by Gasteiger charge is -2.04. The number of carboxylic acid groups (broad SMARTS) is 1. The summed E-state index contributed by atoms with van der Waals surface area (Å²) in [6.45, 7) is 2.28. The smallest absolute Gasteiger partial charge is 0.413 e. The summed E-state index contributed by atoms with van der Waals surface area (Å²) in [4.78, 5) is 22.6. The highest BCUT2D eigenvalue weighted by Crippen LogP contribution is 2.10. The van der Waals surface area contributed by atoms with E-state index in [0.717, 1.165) is 5.56 Å². The highest BCUT2D eigenvalue weighted by molar-refractivity contribution is 5.89. The van der Waals surface area contributed by atoms with E-state index in [9.17, 15) is 9.59 Å². The number of amides is 1. The topological polar surface area (TPSA) is 93.5 Å². The molecule has 0 saturated carbocycles. The van der Waals surface area contributed by atoms with Crippen LogP contribution in [0, 0.1) is 0 Å². The molecule has 1 aromatic heterocycles. The maximum absolute atomic E-state index is 11.6. The molecule has 0 fully saturated rings. The number of carbonyl (C=O) groups is 2. The van der Waals surface area contributed by atoms with Gasteiger partial charge < -0.3 is 9.84 Å². The van der Waals surface area contributed by atoms with Gasteiger partial charge in [-0.1, -0.05) is 30.3 Å². The van der Waals surface area contributed by atoms with Crippen molar-refractivity contribution in [3.8, 4) is 0 Å². The summed E-state index contributed by atoms with van der Waals surface area (Å²) in [7, 11) is 0. The van der Waals surface area contributed by atoms with Crippen LogP contribution in [0.5, 0.6) is 0 Å². The molecule has 1 heterocycles. The average molecular weight is 289 g/mol. The molecule has 2 aromatic rings. The molecular weight excluding hydrogens is 274 g/mol. The van der Waals surface area contributed by atoms with E-state index in [1.165, 1.54) is 10.7 Å². The van der Waals surface area contributed by atoms with E-state index in [2.05, 4.69) is 10.4 Å². The number of nitrogens with one attached hydrogen (secondary N) is 1. The maximum Gasteiger partial charge on any atom is 0.413 e. The Kier molecular flexibility index (Phi) is 4.55. The van der Waals surface area contributed by atoms with Crippen LogP contribution in [0.1, 0.15) is 23.0 Å². The highest BCUT2D eigenvalue weighted by Gasteiger charge is 2.15. The molecule has 0 bridgehead atoms. The molecule has 0 radical (unpaired) electrons. The number of anilines is 1. The van der Waals surface area contributed by atoms with E-state index in [1.807, 2.05) is 30.3 Å². The van der Waals surface area contributed by atoms with Crippen molar-refractivity contribution in [2.45, 2.75) is 20.1 Å². The summed E-state index contributed by atoms with van der Waals surface area (Å²) in [5.41, 5.74) is 0.869. The first-order chi connectivity index (χ1) is 10.1. The Morgan fingerprint density at radius 3 is 2.62 bits per heavy atom. The number of benzene rings is 1. The van der Waals surface area contributed by atoms with Gasteiger partial charge in [0.1, 0.15) is 12.3 Å².